The zero-order valence-corrected chi connectivity index (χ0v) is 6.80. The van der Waals surface area contributed by atoms with Crippen LogP contribution >= 0.6 is 0 Å². The Kier molecular flexibility index (Phi) is 1.66. The van der Waals surface area contributed by atoms with Gasteiger partial charge in [0, 0.05) is 13.1 Å². The van der Waals surface area contributed by atoms with Crippen molar-refractivity contribution >= 4 is 0 Å². The topological polar surface area (TPSA) is 29.9 Å². The Hall–Kier alpha value is -0.830. The molecule has 3 heteroatoms. The Morgan fingerprint density at radius 1 is 1.73 bits per heavy atom. The predicted molar refractivity (Wildman–Crippen MR) is 43.3 cm³/mol. The number of hydrogen-bond donors (Lipinski definition) is 1. The largest absolute Gasteiger partial charge is 0.309 e. The lowest BCUT2D eigenvalue weighted by Gasteiger charge is -2.15. The molecule has 2 rings (SSSR count). The van der Waals surface area contributed by atoms with Crippen molar-refractivity contribution in [3.05, 3.63) is 17.5 Å². The van der Waals surface area contributed by atoms with Crippen molar-refractivity contribution in [3.8, 4) is 0 Å². The van der Waals surface area contributed by atoms with Gasteiger partial charge in [-0.15, -0.1) is 0 Å². The van der Waals surface area contributed by atoms with E-state index in [-0.39, 0.29) is 0 Å². The molecule has 1 aliphatic heterocycles. The summed E-state index contributed by atoms with van der Waals surface area (Å²) in [6, 6.07) is 0. The molecule has 0 unspecified atom stereocenters. The number of hydrogen-bond acceptors (Lipinski definition) is 2. The van der Waals surface area contributed by atoms with Gasteiger partial charge in [0.25, 0.3) is 0 Å². The minimum absolute atomic E-state index is 0.989. The van der Waals surface area contributed by atoms with Crippen LogP contribution in [0.4, 0.5) is 0 Å². The van der Waals surface area contributed by atoms with Gasteiger partial charge in [-0.05, 0) is 12.0 Å². The van der Waals surface area contributed by atoms with E-state index in [4.69, 9.17) is 0 Å². The standard InChI is InChI=1S/C8H13N3/c1-2-7-5-10-11-4-3-9-6-8(7)11/h5,9H,2-4,6H2,1H3. The molecule has 0 fully saturated rings. The molecule has 1 aromatic rings. The molecule has 0 spiro atoms. The van der Waals surface area contributed by atoms with Gasteiger partial charge >= 0.3 is 0 Å². The molecule has 1 aliphatic rings. The highest BCUT2D eigenvalue weighted by Crippen LogP contribution is 2.11. The zero-order chi connectivity index (χ0) is 7.68. The van der Waals surface area contributed by atoms with E-state index in [0.717, 1.165) is 26.1 Å². The van der Waals surface area contributed by atoms with Crippen LogP contribution in [0.25, 0.3) is 0 Å². The molecule has 0 atom stereocenters. The van der Waals surface area contributed by atoms with E-state index in [1.807, 2.05) is 6.20 Å². The van der Waals surface area contributed by atoms with Gasteiger partial charge in [-0.2, -0.15) is 5.10 Å². The Bertz CT molecular complexity index is 238. The SMILES string of the molecule is CCc1cnn2c1CNCC2. The molecule has 1 aromatic heterocycles. The van der Waals surface area contributed by atoms with E-state index in [0.29, 0.717) is 0 Å². The summed E-state index contributed by atoms with van der Waals surface area (Å²) in [6.45, 7) is 5.24. The average molecular weight is 151 g/mol. The lowest BCUT2D eigenvalue weighted by Crippen LogP contribution is -2.28. The smallest absolute Gasteiger partial charge is 0.0554 e. The Morgan fingerprint density at radius 3 is 3.45 bits per heavy atom. The molecular weight excluding hydrogens is 138 g/mol. The number of rotatable bonds is 1. The molecule has 0 bridgehead atoms. The van der Waals surface area contributed by atoms with E-state index in [9.17, 15) is 0 Å². The van der Waals surface area contributed by atoms with Crippen LogP contribution in [0.15, 0.2) is 6.20 Å². The number of aromatic nitrogens is 2. The second-order valence-electron chi connectivity index (χ2n) is 2.87. The Labute approximate surface area is 66.4 Å². The van der Waals surface area contributed by atoms with E-state index in [2.05, 4.69) is 22.0 Å². The molecule has 2 heterocycles. The number of fused-ring (bicyclic) bond motifs is 1. The molecule has 0 aliphatic carbocycles. The van der Waals surface area contributed by atoms with Gasteiger partial charge < -0.3 is 5.32 Å². The van der Waals surface area contributed by atoms with Crippen LogP contribution in [0.1, 0.15) is 18.2 Å². The second kappa shape index (κ2) is 2.66. The molecule has 0 saturated carbocycles. The monoisotopic (exact) mass is 151 g/mol. The summed E-state index contributed by atoms with van der Waals surface area (Å²) in [5, 5.41) is 7.65. The molecular formula is C8H13N3. The van der Waals surface area contributed by atoms with Gasteiger partial charge in [0.1, 0.15) is 0 Å². The summed E-state index contributed by atoms with van der Waals surface area (Å²) in [7, 11) is 0. The van der Waals surface area contributed by atoms with Crippen LogP contribution < -0.4 is 5.32 Å². The van der Waals surface area contributed by atoms with Gasteiger partial charge in [-0.1, -0.05) is 6.92 Å². The maximum absolute atomic E-state index is 4.30. The summed E-state index contributed by atoms with van der Waals surface area (Å²) in [5.74, 6) is 0. The number of aryl methyl sites for hydroxylation is 1. The summed E-state index contributed by atoms with van der Waals surface area (Å²) >= 11 is 0. The van der Waals surface area contributed by atoms with Crippen molar-refractivity contribution in [1.82, 2.24) is 15.1 Å². The minimum Gasteiger partial charge on any atom is -0.309 e. The van der Waals surface area contributed by atoms with Crippen molar-refractivity contribution in [2.45, 2.75) is 26.4 Å². The van der Waals surface area contributed by atoms with Gasteiger partial charge in [0.2, 0.25) is 0 Å². The molecule has 0 radical (unpaired) electrons. The fourth-order valence-corrected chi connectivity index (χ4v) is 1.53. The fourth-order valence-electron chi connectivity index (χ4n) is 1.53. The van der Waals surface area contributed by atoms with Crippen LogP contribution in [0.5, 0.6) is 0 Å². The first-order valence-electron chi connectivity index (χ1n) is 4.16. The third-order valence-corrected chi connectivity index (χ3v) is 2.21. The van der Waals surface area contributed by atoms with Gasteiger partial charge in [0.15, 0.2) is 0 Å². The first-order valence-corrected chi connectivity index (χ1v) is 4.16. The fraction of sp³-hybridized carbons (Fsp3) is 0.625. The molecule has 0 aromatic carbocycles. The highest BCUT2D eigenvalue weighted by atomic mass is 15.3. The molecule has 0 amide bonds. The highest BCUT2D eigenvalue weighted by molar-refractivity contribution is 5.18. The number of nitrogens with zero attached hydrogens (tertiary/aromatic N) is 2. The molecule has 3 nitrogen and oxygen atoms in total. The minimum atomic E-state index is 0.989. The molecule has 11 heavy (non-hydrogen) atoms. The van der Waals surface area contributed by atoms with Crippen molar-refractivity contribution < 1.29 is 0 Å². The summed E-state index contributed by atoms with van der Waals surface area (Å²) < 4.78 is 2.11. The summed E-state index contributed by atoms with van der Waals surface area (Å²) in [5.41, 5.74) is 2.76. The van der Waals surface area contributed by atoms with Crippen molar-refractivity contribution in [2.75, 3.05) is 6.54 Å². The summed E-state index contributed by atoms with van der Waals surface area (Å²) in [6.07, 6.45) is 3.08. The van der Waals surface area contributed by atoms with E-state index < -0.39 is 0 Å². The van der Waals surface area contributed by atoms with Crippen LogP contribution in [0.2, 0.25) is 0 Å². The zero-order valence-electron chi connectivity index (χ0n) is 6.80. The summed E-state index contributed by atoms with van der Waals surface area (Å²) in [4.78, 5) is 0. The van der Waals surface area contributed by atoms with Crippen LogP contribution in [-0.2, 0) is 19.5 Å². The normalized spacial score (nSPS) is 16.5. The predicted octanol–water partition coefficient (Wildman–Crippen LogP) is 0.549. The van der Waals surface area contributed by atoms with Gasteiger partial charge in [-0.3, -0.25) is 4.68 Å². The van der Waals surface area contributed by atoms with Crippen LogP contribution in [0.3, 0.4) is 0 Å². The molecule has 1 N–H and O–H groups in total. The van der Waals surface area contributed by atoms with E-state index in [1.54, 1.807) is 0 Å². The lowest BCUT2D eigenvalue weighted by atomic mass is 10.2. The molecule has 0 saturated heterocycles. The van der Waals surface area contributed by atoms with Gasteiger partial charge in [0.05, 0.1) is 18.4 Å². The maximum Gasteiger partial charge on any atom is 0.0554 e. The maximum atomic E-state index is 4.30. The van der Waals surface area contributed by atoms with Crippen molar-refractivity contribution in [3.63, 3.8) is 0 Å². The highest BCUT2D eigenvalue weighted by Gasteiger charge is 2.11. The molecule has 60 valence electrons. The van der Waals surface area contributed by atoms with Gasteiger partial charge in [-0.25, -0.2) is 0 Å². The van der Waals surface area contributed by atoms with Crippen LogP contribution in [0, 0.1) is 0 Å². The van der Waals surface area contributed by atoms with Crippen molar-refractivity contribution in [1.29, 1.82) is 0 Å². The van der Waals surface area contributed by atoms with E-state index in [1.165, 1.54) is 11.3 Å². The lowest BCUT2D eigenvalue weighted by molar-refractivity contribution is 0.473. The Morgan fingerprint density at radius 2 is 2.64 bits per heavy atom. The third-order valence-electron chi connectivity index (χ3n) is 2.21. The quantitative estimate of drug-likeness (QED) is 0.635. The van der Waals surface area contributed by atoms with Crippen LogP contribution in [-0.4, -0.2) is 16.3 Å². The third kappa shape index (κ3) is 1.05. The van der Waals surface area contributed by atoms with E-state index >= 15 is 0 Å². The first kappa shape index (κ1) is 6.85. The average Bonchev–Trinajstić information content (AvgIpc) is 2.47. The first-order chi connectivity index (χ1) is 5.42. The van der Waals surface area contributed by atoms with Crippen molar-refractivity contribution in [2.24, 2.45) is 0 Å². The second-order valence-corrected chi connectivity index (χ2v) is 2.87. The Balaban J connectivity index is 2.38. The number of nitrogens with one attached hydrogen (secondary N) is 1.